The molecule has 0 bridgehead atoms. The minimum absolute atomic E-state index is 0.0130. The molecule has 0 aromatic rings. The highest BCUT2D eigenvalue weighted by atomic mass is 32.2. The van der Waals surface area contributed by atoms with Gasteiger partial charge < -0.3 is 10.0 Å². The van der Waals surface area contributed by atoms with E-state index in [9.17, 15) is 4.79 Å². The molecule has 2 unspecified atom stereocenters. The number of hydrogen-bond acceptors (Lipinski definition) is 3. The summed E-state index contributed by atoms with van der Waals surface area (Å²) in [6.07, 6.45) is 2.23. The number of aliphatic hydroxyl groups is 1. The van der Waals surface area contributed by atoms with Crippen molar-refractivity contribution in [3.05, 3.63) is 0 Å². The first-order valence-corrected chi connectivity index (χ1v) is 5.73. The maximum Gasteiger partial charge on any atom is 0.235 e. The maximum atomic E-state index is 11.5. The second kappa shape index (κ2) is 6.27. The van der Waals surface area contributed by atoms with Crippen LogP contribution in [-0.4, -0.2) is 47.1 Å². The number of carbonyl (C=O) groups excluding carboxylic acids is 1. The summed E-state index contributed by atoms with van der Waals surface area (Å²) >= 11 is 1.54. The van der Waals surface area contributed by atoms with Gasteiger partial charge in [-0.15, -0.1) is 0 Å². The van der Waals surface area contributed by atoms with E-state index in [2.05, 4.69) is 0 Å². The summed E-state index contributed by atoms with van der Waals surface area (Å²) in [7, 11) is 1.78. The maximum absolute atomic E-state index is 11.5. The van der Waals surface area contributed by atoms with Gasteiger partial charge in [0.1, 0.15) is 0 Å². The molecule has 0 spiro atoms. The molecule has 0 rings (SSSR count). The van der Waals surface area contributed by atoms with Crippen LogP contribution in [0.4, 0.5) is 0 Å². The quantitative estimate of drug-likeness (QED) is 0.727. The third-order valence-corrected chi connectivity index (χ3v) is 2.87. The molecule has 2 atom stereocenters. The third-order valence-electron chi connectivity index (χ3n) is 1.96. The minimum atomic E-state index is -0.333. The van der Waals surface area contributed by atoms with Crippen LogP contribution in [-0.2, 0) is 4.79 Å². The van der Waals surface area contributed by atoms with Crippen molar-refractivity contribution in [1.29, 1.82) is 0 Å². The molecule has 0 heterocycles. The lowest BCUT2D eigenvalue weighted by molar-refractivity contribution is -0.129. The summed E-state index contributed by atoms with van der Waals surface area (Å²) in [4.78, 5) is 13.2. The topological polar surface area (TPSA) is 40.5 Å². The number of carbonyl (C=O) groups is 1. The first-order valence-electron chi connectivity index (χ1n) is 4.44. The minimum Gasteiger partial charge on any atom is -0.393 e. The van der Waals surface area contributed by atoms with E-state index in [1.807, 2.05) is 13.2 Å². The molecular weight excluding hydrogens is 186 g/mol. The van der Waals surface area contributed by atoms with E-state index in [4.69, 9.17) is 5.11 Å². The molecule has 0 aromatic carbocycles. The van der Waals surface area contributed by atoms with Crippen molar-refractivity contribution in [2.45, 2.75) is 31.6 Å². The van der Waals surface area contributed by atoms with Gasteiger partial charge in [0, 0.05) is 13.6 Å². The monoisotopic (exact) mass is 205 g/mol. The Balaban J connectivity index is 3.82. The molecule has 0 aliphatic heterocycles. The van der Waals surface area contributed by atoms with Crippen LogP contribution in [0, 0.1) is 0 Å². The predicted molar refractivity (Wildman–Crippen MR) is 56.9 cm³/mol. The zero-order valence-electron chi connectivity index (χ0n) is 8.78. The van der Waals surface area contributed by atoms with Gasteiger partial charge in [0.25, 0.3) is 0 Å². The van der Waals surface area contributed by atoms with Gasteiger partial charge in [0.15, 0.2) is 0 Å². The van der Waals surface area contributed by atoms with Crippen LogP contribution in [0.1, 0.15) is 20.3 Å². The Hall–Kier alpha value is -0.220. The molecule has 1 N–H and O–H groups in total. The third kappa shape index (κ3) is 5.16. The fourth-order valence-electron chi connectivity index (χ4n) is 0.902. The van der Waals surface area contributed by atoms with E-state index in [0.29, 0.717) is 13.0 Å². The Labute approximate surface area is 84.5 Å². The van der Waals surface area contributed by atoms with Gasteiger partial charge in [-0.2, -0.15) is 11.8 Å². The SMILES string of the molecule is CSC(C)C(=O)N(C)CCC(C)O. The second-order valence-corrected chi connectivity index (χ2v) is 4.45. The van der Waals surface area contributed by atoms with Gasteiger partial charge in [-0.1, -0.05) is 0 Å². The number of amides is 1. The van der Waals surface area contributed by atoms with Crippen molar-refractivity contribution in [1.82, 2.24) is 4.90 Å². The fourth-order valence-corrected chi connectivity index (χ4v) is 1.28. The molecule has 0 aromatic heterocycles. The van der Waals surface area contributed by atoms with Crippen LogP contribution in [0.2, 0.25) is 0 Å². The highest BCUT2D eigenvalue weighted by Crippen LogP contribution is 2.08. The van der Waals surface area contributed by atoms with Crippen molar-refractivity contribution in [2.24, 2.45) is 0 Å². The van der Waals surface area contributed by atoms with Gasteiger partial charge in [-0.3, -0.25) is 4.79 Å². The summed E-state index contributed by atoms with van der Waals surface area (Å²) in [6.45, 7) is 4.25. The average molecular weight is 205 g/mol. The van der Waals surface area contributed by atoms with E-state index in [-0.39, 0.29) is 17.3 Å². The first kappa shape index (κ1) is 12.8. The predicted octanol–water partition coefficient (Wildman–Crippen LogP) is 0.967. The zero-order chi connectivity index (χ0) is 10.4. The molecular formula is C9H19NO2S. The molecule has 3 nitrogen and oxygen atoms in total. The molecule has 1 amide bonds. The largest absolute Gasteiger partial charge is 0.393 e. The summed E-state index contributed by atoms with van der Waals surface area (Å²) < 4.78 is 0. The molecule has 13 heavy (non-hydrogen) atoms. The Morgan fingerprint density at radius 2 is 2.08 bits per heavy atom. The Bertz CT molecular complexity index is 162. The average Bonchev–Trinajstić information content (AvgIpc) is 2.11. The van der Waals surface area contributed by atoms with Crippen LogP contribution in [0.25, 0.3) is 0 Å². The summed E-state index contributed by atoms with van der Waals surface area (Å²) in [5.74, 6) is 0.133. The second-order valence-electron chi connectivity index (χ2n) is 3.28. The lowest BCUT2D eigenvalue weighted by Crippen LogP contribution is -2.34. The van der Waals surface area contributed by atoms with Crippen molar-refractivity contribution in [2.75, 3.05) is 19.8 Å². The van der Waals surface area contributed by atoms with Crippen LogP contribution >= 0.6 is 11.8 Å². The summed E-state index contributed by atoms with van der Waals surface area (Å²) in [6, 6.07) is 0. The highest BCUT2D eigenvalue weighted by Gasteiger charge is 2.15. The molecule has 78 valence electrons. The number of thioether (sulfide) groups is 1. The molecule has 4 heteroatoms. The standard InChI is InChI=1S/C9H19NO2S/c1-7(11)5-6-10(3)9(12)8(2)13-4/h7-8,11H,5-6H2,1-4H3. The van der Waals surface area contributed by atoms with Crippen molar-refractivity contribution >= 4 is 17.7 Å². The number of aliphatic hydroxyl groups excluding tert-OH is 1. The molecule has 0 aliphatic rings. The zero-order valence-corrected chi connectivity index (χ0v) is 9.60. The van der Waals surface area contributed by atoms with Gasteiger partial charge in [-0.05, 0) is 26.5 Å². The smallest absolute Gasteiger partial charge is 0.235 e. The molecule has 0 saturated carbocycles. The summed E-state index contributed by atoms with van der Waals surface area (Å²) in [5.41, 5.74) is 0. The highest BCUT2D eigenvalue weighted by molar-refractivity contribution is 7.99. The Kier molecular flexibility index (Phi) is 6.16. The van der Waals surface area contributed by atoms with E-state index < -0.39 is 0 Å². The van der Waals surface area contributed by atoms with E-state index in [1.54, 1.807) is 30.6 Å². The first-order chi connectivity index (χ1) is 5.99. The molecule has 0 saturated heterocycles. The van der Waals surface area contributed by atoms with E-state index >= 15 is 0 Å². The van der Waals surface area contributed by atoms with Crippen molar-refractivity contribution in [3.8, 4) is 0 Å². The number of hydrogen-bond donors (Lipinski definition) is 1. The van der Waals surface area contributed by atoms with Crippen molar-refractivity contribution in [3.63, 3.8) is 0 Å². The fraction of sp³-hybridized carbons (Fsp3) is 0.889. The van der Waals surface area contributed by atoms with Gasteiger partial charge in [0.05, 0.1) is 11.4 Å². The number of nitrogens with zero attached hydrogens (tertiary/aromatic N) is 1. The van der Waals surface area contributed by atoms with E-state index in [0.717, 1.165) is 0 Å². The van der Waals surface area contributed by atoms with Crippen LogP contribution in [0.5, 0.6) is 0 Å². The lowest BCUT2D eigenvalue weighted by atomic mass is 10.2. The Morgan fingerprint density at radius 1 is 1.54 bits per heavy atom. The Morgan fingerprint density at radius 3 is 2.46 bits per heavy atom. The van der Waals surface area contributed by atoms with Crippen LogP contribution in [0.3, 0.4) is 0 Å². The molecule has 0 fully saturated rings. The normalized spacial score (nSPS) is 15.2. The molecule has 0 radical (unpaired) electrons. The lowest BCUT2D eigenvalue weighted by Gasteiger charge is -2.20. The molecule has 0 aliphatic carbocycles. The number of rotatable bonds is 5. The van der Waals surface area contributed by atoms with Gasteiger partial charge in [-0.25, -0.2) is 0 Å². The van der Waals surface area contributed by atoms with Crippen molar-refractivity contribution < 1.29 is 9.90 Å². The van der Waals surface area contributed by atoms with E-state index in [1.165, 1.54) is 0 Å². The van der Waals surface area contributed by atoms with Gasteiger partial charge >= 0.3 is 0 Å². The summed E-state index contributed by atoms with van der Waals surface area (Å²) in [5, 5.41) is 9.05. The van der Waals surface area contributed by atoms with Gasteiger partial charge in [0.2, 0.25) is 5.91 Å². The van der Waals surface area contributed by atoms with Crippen LogP contribution in [0.15, 0.2) is 0 Å². The van der Waals surface area contributed by atoms with Crippen LogP contribution < -0.4 is 0 Å².